The van der Waals surface area contributed by atoms with Crippen molar-refractivity contribution in [1.29, 1.82) is 0 Å². The predicted molar refractivity (Wildman–Crippen MR) is 79.4 cm³/mol. The number of carboxylic acids is 1. The van der Waals surface area contributed by atoms with Crippen LogP contribution < -0.4 is 5.32 Å². The van der Waals surface area contributed by atoms with E-state index in [1.54, 1.807) is 0 Å². The molecule has 0 aliphatic heterocycles. The first-order valence-electron chi connectivity index (χ1n) is 6.80. The molecule has 114 valence electrons. The molecule has 1 atom stereocenters. The third-order valence-electron chi connectivity index (χ3n) is 3.39. The Bertz CT molecular complexity index is 552. The van der Waals surface area contributed by atoms with Gasteiger partial charge in [0, 0.05) is 23.7 Å². The summed E-state index contributed by atoms with van der Waals surface area (Å²) in [6.45, 7) is 6.70. The van der Waals surface area contributed by atoms with Crippen molar-refractivity contribution in [2.24, 2.45) is 11.8 Å². The molecule has 0 saturated heterocycles. The second-order valence-electron chi connectivity index (χ2n) is 5.34. The number of carboxylic acid groups (broad SMARTS) is 1. The highest BCUT2D eigenvalue weighted by atomic mass is 19.1. The standard InChI is InChI=1S/C16H20FNO3/c1-10(2)11(3)9-18-16(21)13-5-4-12(14(17)8-13)6-7-15(19)20/h4-8,10-11H,9H2,1-3H3,(H,18,21)(H,19,20). The van der Waals surface area contributed by atoms with Gasteiger partial charge >= 0.3 is 5.97 Å². The van der Waals surface area contributed by atoms with Crippen LogP contribution >= 0.6 is 0 Å². The highest BCUT2D eigenvalue weighted by molar-refractivity contribution is 5.94. The maximum absolute atomic E-state index is 13.8. The van der Waals surface area contributed by atoms with Crippen LogP contribution in [0.5, 0.6) is 0 Å². The maximum atomic E-state index is 13.8. The summed E-state index contributed by atoms with van der Waals surface area (Å²) in [6, 6.07) is 3.96. The second kappa shape index (κ2) is 7.57. The fourth-order valence-corrected chi connectivity index (χ4v) is 1.56. The molecule has 0 aromatic heterocycles. The Kier molecular flexibility index (Phi) is 6.09. The van der Waals surface area contributed by atoms with Crippen molar-refractivity contribution in [2.45, 2.75) is 20.8 Å². The second-order valence-corrected chi connectivity index (χ2v) is 5.34. The number of amides is 1. The topological polar surface area (TPSA) is 66.4 Å². The van der Waals surface area contributed by atoms with E-state index in [0.717, 1.165) is 18.2 Å². The van der Waals surface area contributed by atoms with Gasteiger partial charge < -0.3 is 10.4 Å². The largest absolute Gasteiger partial charge is 0.478 e. The van der Waals surface area contributed by atoms with E-state index >= 15 is 0 Å². The fourth-order valence-electron chi connectivity index (χ4n) is 1.56. The first-order valence-corrected chi connectivity index (χ1v) is 6.80. The average Bonchev–Trinajstić information content (AvgIpc) is 2.42. The number of rotatable bonds is 6. The Morgan fingerprint density at radius 2 is 2.00 bits per heavy atom. The molecule has 0 radical (unpaired) electrons. The normalized spacial score (nSPS) is 12.6. The summed E-state index contributed by atoms with van der Waals surface area (Å²) in [4.78, 5) is 22.3. The number of halogens is 1. The molecule has 5 heteroatoms. The van der Waals surface area contributed by atoms with Crippen LogP contribution in [-0.4, -0.2) is 23.5 Å². The number of benzene rings is 1. The zero-order chi connectivity index (χ0) is 16.0. The molecule has 4 nitrogen and oxygen atoms in total. The van der Waals surface area contributed by atoms with Crippen molar-refractivity contribution in [3.63, 3.8) is 0 Å². The van der Waals surface area contributed by atoms with Crippen LogP contribution in [0.1, 0.15) is 36.7 Å². The van der Waals surface area contributed by atoms with Gasteiger partial charge in [0.25, 0.3) is 5.91 Å². The summed E-state index contributed by atoms with van der Waals surface area (Å²) in [7, 11) is 0. The van der Waals surface area contributed by atoms with Gasteiger partial charge in [0.15, 0.2) is 0 Å². The third-order valence-corrected chi connectivity index (χ3v) is 3.39. The van der Waals surface area contributed by atoms with Crippen LogP contribution in [0, 0.1) is 17.7 Å². The minimum atomic E-state index is -1.15. The maximum Gasteiger partial charge on any atom is 0.328 e. The minimum Gasteiger partial charge on any atom is -0.478 e. The van der Waals surface area contributed by atoms with Crippen molar-refractivity contribution in [3.8, 4) is 0 Å². The Hall–Kier alpha value is -2.17. The third kappa shape index (κ3) is 5.38. The molecule has 0 bridgehead atoms. The molecular weight excluding hydrogens is 273 g/mol. The molecule has 0 saturated carbocycles. The van der Waals surface area contributed by atoms with Crippen LogP contribution in [0.4, 0.5) is 4.39 Å². The van der Waals surface area contributed by atoms with Gasteiger partial charge in [0.1, 0.15) is 5.82 Å². The Morgan fingerprint density at radius 3 is 2.52 bits per heavy atom. The average molecular weight is 293 g/mol. The molecule has 1 unspecified atom stereocenters. The first kappa shape index (κ1) is 16.9. The fraction of sp³-hybridized carbons (Fsp3) is 0.375. The lowest BCUT2D eigenvalue weighted by atomic mass is 9.98. The molecule has 1 rings (SSSR count). The highest BCUT2D eigenvalue weighted by Gasteiger charge is 2.12. The number of hydrogen-bond acceptors (Lipinski definition) is 2. The molecule has 1 aromatic rings. The molecule has 21 heavy (non-hydrogen) atoms. The number of hydrogen-bond donors (Lipinski definition) is 2. The van der Waals surface area contributed by atoms with E-state index in [2.05, 4.69) is 19.2 Å². The molecule has 1 aromatic carbocycles. The SMILES string of the molecule is CC(C)C(C)CNC(=O)c1ccc(C=CC(=O)O)c(F)c1. The zero-order valence-corrected chi connectivity index (χ0v) is 12.4. The summed E-state index contributed by atoms with van der Waals surface area (Å²) in [5.41, 5.74) is 0.348. The van der Waals surface area contributed by atoms with Gasteiger partial charge in [-0.05, 0) is 30.0 Å². The highest BCUT2D eigenvalue weighted by Crippen LogP contribution is 2.13. The van der Waals surface area contributed by atoms with E-state index in [1.807, 2.05) is 6.92 Å². The summed E-state index contributed by atoms with van der Waals surface area (Å²) in [5.74, 6) is -1.34. The smallest absolute Gasteiger partial charge is 0.328 e. The number of aliphatic carboxylic acids is 1. The van der Waals surface area contributed by atoms with Crippen molar-refractivity contribution in [2.75, 3.05) is 6.54 Å². The van der Waals surface area contributed by atoms with Crippen molar-refractivity contribution in [3.05, 3.63) is 41.2 Å². The van der Waals surface area contributed by atoms with Crippen LogP contribution in [0.3, 0.4) is 0 Å². The number of carbonyl (C=O) groups is 2. The van der Waals surface area contributed by atoms with Crippen LogP contribution in [0.15, 0.2) is 24.3 Å². The van der Waals surface area contributed by atoms with Gasteiger partial charge in [-0.15, -0.1) is 0 Å². The van der Waals surface area contributed by atoms with Gasteiger partial charge in [0.2, 0.25) is 0 Å². The molecule has 0 spiro atoms. The van der Waals surface area contributed by atoms with Crippen LogP contribution in [0.2, 0.25) is 0 Å². The lowest BCUT2D eigenvalue weighted by Gasteiger charge is -2.16. The Balaban J connectivity index is 2.74. The Labute approximate surface area is 123 Å². The van der Waals surface area contributed by atoms with E-state index in [-0.39, 0.29) is 17.0 Å². The molecule has 2 N–H and O–H groups in total. The summed E-state index contributed by atoms with van der Waals surface area (Å²) in [5, 5.41) is 11.3. The molecule has 0 fully saturated rings. The number of nitrogens with one attached hydrogen (secondary N) is 1. The van der Waals surface area contributed by atoms with E-state index < -0.39 is 11.8 Å². The molecule has 0 aliphatic rings. The molecule has 0 aliphatic carbocycles. The summed E-state index contributed by atoms with van der Waals surface area (Å²) in [6.07, 6.45) is 2.00. The molecule has 1 amide bonds. The number of carbonyl (C=O) groups excluding carboxylic acids is 1. The van der Waals surface area contributed by atoms with E-state index in [4.69, 9.17) is 5.11 Å². The lowest BCUT2D eigenvalue weighted by molar-refractivity contribution is -0.131. The molecular formula is C16H20FNO3. The lowest BCUT2D eigenvalue weighted by Crippen LogP contribution is -2.30. The van der Waals surface area contributed by atoms with Gasteiger partial charge in [0.05, 0.1) is 0 Å². The minimum absolute atomic E-state index is 0.129. The van der Waals surface area contributed by atoms with Gasteiger partial charge in [-0.25, -0.2) is 9.18 Å². The van der Waals surface area contributed by atoms with Crippen LogP contribution in [-0.2, 0) is 4.79 Å². The van der Waals surface area contributed by atoms with E-state index in [1.165, 1.54) is 12.1 Å². The summed E-state index contributed by atoms with van der Waals surface area (Å²) >= 11 is 0. The van der Waals surface area contributed by atoms with Gasteiger partial charge in [-0.2, -0.15) is 0 Å². The zero-order valence-electron chi connectivity index (χ0n) is 12.4. The quantitative estimate of drug-likeness (QED) is 0.792. The first-order chi connectivity index (χ1) is 9.81. The van der Waals surface area contributed by atoms with Gasteiger partial charge in [-0.1, -0.05) is 26.8 Å². The van der Waals surface area contributed by atoms with E-state index in [0.29, 0.717) is 18.4 Å². The predicted octanol–water partition coefficient (Wildman–Crippen LogP) is 2.95. The van der Waals surface area contributed by atoms with Crippen molar-refractivity contribution in [1.82, 2.24) is 5.32 Å². The Morgan fingerprint density at radius 1 is 1.33 bits per heavy atom. The van der Waals surface area contributed by atoms with Crippen molar-refractivity contribution >= 4 is 18.0 Å². The van der Waals surface area contributed by atoms with E-state index in [9.17, 15) is 14.0 Å². The molecule has 0 heterocycles. The van der Waals surface area contributed by atoms with Crippen LogP contribution in [0.25, 0.3) is 6.08 Å². The summed E-state index contributed by atoms with van der Waals surface area (Å²) < 4.78 is 13.8. The van der Waals surface area contributed by atoms with Crippen molar-refractivity contribution < 1.29 is 19.1 Å². The monoisotopic (exact) mass is 293 g/mol. The van der Waals surface area contributed by atoms with Gasteiger partial charge in [-0.3, -0.25) is 4.79 Å².